The Labute approximate surface area is 132 Å². The van der Waals surface area contributed by atoms with Gasteiger partial charge in [-0.1, -0.05) is 27.7 Å². The summed E-state index contributed by atoms with van der Waals surface area (Å²) in [6.45, 7) is 8.59. The standard InChI is InChI=1S/C15H28N2O3S/c1-11(2)13(18)5-8-16-14(19)6-9-17-15(20)7-10-21-12(3)4/h11-12H,5-10H2,1-4H3,(H,16,19)(H,17,20). The first kappa shape index (κ1) is 20.0. The first-order chi connectivity index (χ1) is 9.82. The van der Waals surface area contributed by atoms with Crippen molar-refractivity contribution in [2.24, 2.45) is 5.92 Å². The van der Waals surface area contributed by atoms with Crippen LogP contribution in [0, 0.1) is 5.92 Å². The van der Waals surface area contributed by atoms with Gasteiger partial charge >= 0.3 is 0 Å². The van der Waals surface area contributed by atoms with Crippen molar-refractivity contribution in [1.82, 2.24) is 10.6 Å². The van der Waals surface area contributed by atoms with Gasteiger partial charge in [-0.2, -0.15) is 11.8 Å². The topological polar surface area (TPSA) is 75.3 Å². The first-order valence-electron chi connectivity index (χ1n) is 7.50. The molecule has 0 saturated carbocycles. The van der Waals surface area contributed by atoms with Gasteiger partial charge in [0.05, 0.1) is 0 Å². The van der Waals surface area contributed by atoms with E-state index in [0.29, 0.717) is 31.2 Å². The lowest BCUT2D eigenvalue weighted by molar-refractivity contribution is -0.122. The second kappa shape index (κ2) is 11.6. The molecular formula is C15H28N2O3S. The van der Waals surface area contributed by atoms with Crippen LogP contribution in [0.4, 0.5) is 0 Å². The van der Waals surface area contributed by atoms with E-state index in [1.807, 2.05) is 13.8 Å². The molecule has 0 bridgehead atoms. The molecule has 0 fully saturated rings. The predicted octanol–water partition coefficient (Wildman–Crippen LogP) is 1.76. The zero-order chi connectivity index (χ0) is 16.3. The van der Waals surface area contributed by atoms with Crippen LogP contribution >= 0.6 is 11.8 Å². The van der Waals surface area contributed by atoms with Gasteiger partial charge in [-0.05, 0) is 5.25 Å². The van der Waals surface area contributed by atoms with Crippen molar-refractivity contribution in [2.75, 3.05) is 18.8 Å². The highest BCUT2D eigenvalue weighted by molar-refractivity contribution is 7.99. The fraction of sp³-hybridized carbons (Fsp3) is 0.800. The van der Waals surface area contributed by atoms with Gasteiger partial charge in [0.15, 0.2) is 0 Å². The van der Waals surface area contributed by atoms with Gasteiger partial charge in [0.1, 0.15) is 5.78 Å². The highest BCUT2D eigenvalue weighted by Crippen LogP contribution is 2.09. The van der Waals surface area contributed by atoms with Crippen LogP contribution in [0.5, 0.6) is 0 Å². The Hall–Kier alpha value is -1.04. The lowest BCUT2D eigenvalue weighted by Gasteiger charge is -2.08. The Balaban J connectivity index is 3.57. The first-order valence-corrected chi connectivity index (χ1v) is 8.55. The Kier molecular flexibility index (Phi) is 11.0. The number of thioether (sulfide) groups is 1. The monoisotopic (exact) mass is 316 g/mol. The van der Waals surface area contributed by atoms with Crippen LogP contribution in [0.25, 0.3) is 0 Å². The highest BCUT2D eigenvalue weighted by Gasteiger charge is 2.08. The molecule has 122 valence electrons. The fourth-order valence-electron chi connectivity index (χ4n) is 1.49. The molecule has 0 aromatic heterocycles. The van der Waals surface area contributed by atoms with Gasteiger partial charge < -0.3 is 10.6 Å². The summed E-state index contributed by atoms with van der Waals surface area (Å²) in [4.78, 5) is 34.4. The van der Waals surface area contributed by atoms with Crippen LogP contribution in [0.1, 0.15) is 47.0 Å². The van der Waals surface area contributed by atoms with Crippen molar-refractivity contribution in [2.45, 2.75) is 52.2 Å². The molecule has 0 rings (SSSR count). The van der Waals surface area contributed by atoms with E-state index in [0.717, 1.165) is 5.75 Å². The summed E-state index contributed by atoms with van der Waals surface area (Å²) >= 11 is 1.74. The summed E-state index contributed by atoms with van der Waals surface area (Å²) in [6.07, 6.45) is 1.09. The molecule has 0 spiro atoms. The number of Topliss-reactive ketones (excluding diaryl/α,β-unsaturated/α-hetero) is 1. The predicted molar refractivity (Wildman–Crippen MR) is 87.3 cm³/mol. The molecule has 0 saturated heterocycles. The number of carbonyl (C=O) groups excluding carboxylic acids is 3. The van der Waals surface area contributed by atoms with Crippen molar-refractivity contribution in [3.8, 4) is 0 Å². The van der Waals surface area contributed by atoms with Gasteiger partial charge in [0.2, 0.25) is 11.8 Å². The number of nitrogens with one attached hydrogen (secondary N) is 2. The fourth-order valence-corrected chi connectivity index (χ4v) is 2.27. The second-order valence-corrected chi connectivity index (χ2v) is 7.17. The minimum absolute atomic E-state index is 0.00454. The van der Waals surface area contributed by atoms with Crippen LogP contribution in [0.2, 0.25) is 0 Å². The van der Waals surface area contributed by atoms with Crippen LogP contribution in [-0.4, -0.2) is 41.7 Å². The average molecular weight is 316 g/mol. The molecule has 0 aromatic carbocycles. The van der Waals surface area contributed by atoms with Crippen LogP contribution in [0.3, 0.4) is 0 Å². The Bertz CT molecular complexity index is 344. The van der Waals surface area contributed by atoms with Gasteiger partial charge in [-0.3, -0.25) is 14.4 Å². The van der Waals surface area contributed by atoms with Crippen LogP contribution in [-0.2, 0) is 14.4 Å². The zero-order valence-corrected chi connectivity index (χ0v) is 14.3. The SMILES string of the molecule is CC(C)SCCC(=O)NCCC(=O)NCCC(=O)C(C)C. The normalized spacial score (nSPS) is 10.8. The van der Waals surface area contributed by atoms with Crippen molar-refractivity contribution >= 4 is 29.4 Å². The maximum atomic E-state index is 11.5. The molecule has 0 aliphatic carbocycles. The maximum Gasteiger partial charge on any atom is 0.221 e. The second-order valence-electron chi connectivity index (χ2n) is 5.49. The maximum absolute atomic E-state index is 11.5. The third kappa shape index (κ3) is 12.4. The summed E-state index contributed by atoms with van der Waals surface area (Å²) in [5, 5.41) is 5.93. The highest BCUT2D eigenvalue weighted by atomic mass is 32.2. The third-order valence-electron chi connectivity index (χ3n) is 2.79. The van der Waals surface area contributed by atoms with E-state index in [4.69, 9.17) is 0 Å². The molecule has 21 heavy (non-hydrogen) atoms. The molecular weight excluding hydrogens is 288 g/mol. The summed E-state index contributed by atoms with van der Waals surface area (Å²) in [7, 11) is 0. The molecule has 0 aliphatic rings. The van der Waals surface area contributed by atoms with E-state index >= 15 is 0 Å². The molecule has 0 atom stereocenters. The van der Waals surface area contributed by atoms with E-state index < -0.39 is 0 Å². The van der Waals surface area contributed by atoms with Crippen LogP contribution < -0.4 is 10.6 Å². The molecule has 0 aromatic rings. The van der Waals surface area contributed by atoms with Crippen molar-refractivity contribution in [3.63, 3.8) is 0 Å². The van der Waals surface area contributed by atoms with Gasteiger partial charge in [-0.15, -0.1) is 0 Å². The Morgan fingerprint density at radius 2 is 1.38 bits per heavy atom. The number of rotatable bonds is 11. The van der Waals surface area contributed by atoms with Crippen molar-refractivity contribution in [3.05, 3.63) is 0 Å². The third-order valence-corrected chi connectivity index (χ3v) is 3.90. The molecule has 2 N–H and O–H groups in total. The van der Waals surface area contributed by atoms with E-state index in [9.17, 15) is 14.4 Å². The number of ketones is 1. The Morgan fingerprint density at radius 1 is 0.857 bits per heavy atom. The Morgan fingerprint density at radius 3 is 1.90 bits per heavy atom. The molecule has 0 aliphatic heterocycles. The summed E-state index contributed by atoms with van der Waals surface area (Å²) in [6, 6.07) is 0. The summed E-state index contributed by atoms with van der Waals surface area (Å²) in [5.74, 6) is 0.790. The van der Waals surface area contributed by atoms with Gasteiger partial charge in [-0.25, -0.2) is 0 Å². The summed E-state index contributed by atoms with van der Waals surface area (Å²) in [5.41, 5.74) is 0. The van der Waals surface area contributed by atoms with E-state index in [1.54, 1.807) is 11.8 Å². The minimum Gasteiger partial charge on any atom is -0.356 e. The van der Waals surface area contributed by atoms with E-state index in [2.05, 4.69) is 24.5 Å². The molecule has 0 heterocycles. The largest absolute Gasteiger partial charge is 0.356 e. The number of amides is 2. The number of hydrogen-bond donors (Lipinski definition) is 2. The van der Waals surface area contributed by atoms with E-state index in [1.165, 1.54) is 0 Å². The lowest BCUT2D eigenvalue weighted by Crippen LogP contribution is -2.32. The molecule has 2 amide bonds. The van der Waals surface area contributed by atoms with Crippen LogP contribution in [0.15, 0.2) is 0 Å². The van der Waals surface area contributed by atoms with Gasteiger partial charge in [0, 0.05) is 44.0 Å². The average Bonchev–Trinajstić information content (AvgIpc) is 2.37. The lowest BCUT2D eigenvalue weighted by atomic mass is 10.1. The number of carbonyl (C=O) groups is 3. The van der Waals surface area contributed by atoms with Gasteiger partial charge in [0.25, 0.3) is 0 Å². The smallest absolute Gasteiger partial charge is 0.221 e. The summed E-state index contributed by atoms with van der Waals surface area (Å²) < 4.78 is 0. The van der Waals surface area contributed by atoms with Crippen molar-refractivity contribution in [1.29, 1.82) is 0 Å². The molecule has 0 radical (unpaired) electrons. The quantitative estimate of drug-likeness (QED) is 0.609. The zero-order valence-electron chi connectivity index (χ0n) is 13.5. The number of hydrogen-bond acceptors (Lipinski definition) is 4. The van der Waals surface area contributed by atoms with Crippen molar-refractivity contribution < 1.29 is 14.4 Å². The molecule has 5 nitrogen and oxygen atoms in total. The van der Waals surface area contributed by atoms with E-state index in [-0.39, 0.29) is 29.9 Å². The molecule has 0 unspecified atom stereocenters. The molecule has 6 heteroatoms. The minimum atomic E-state index is -0.136.